The molecule has 0 aromatic heterocycles. The van der Waals surface area contributed by atoms with Crippen molar-refractivity contribution in [2.75, 3.05) is 6.54 Å². The second kappa shape index (κ2) is 4.91. The molecule has 0 heterocycles. The maximum Gasteiger partial charge on any atom is 0.255 e. The fraction of sp³-hybridized carbons (Fsp3) is 0.182. The van der Waals surface area contributed by atoms with Crippen molar-refractivity contribution >= 4 is 5.91 Å². The zero-order chi connectivity index (χ0) is 11.3. The maximum atomic E-state index is 11.4. The lowest BCUT2D eigenvalue weighted by Crippen LogP contribution is -2.23. The summed E-state index contributed by atoms with van der Waals surface area (Å²) in [6.07, 6.45) is 0. The summed E-state index contributed by atoms with van der Waals surface area (Å²) >= 11 is 0. The highest BCUT2D eigenvalue weighted by atomic mass is 16.3. The van der Waals surface area contributed by atoms with Crippen molar-refractivity contribution in [3.8, 4) is 23.3 Å². The lowest BCUT2D eigenvalue weighted by atomic mass is 10.2. The van der Waals surface area contributed by atoms with Crippen LogP contribution in [0.1, 0.15) is 17.3 Å². The molecule has 0 unspecified atom stereocenters. The minimum atomic E-state index is -0.421. The third-order valence-corrected chi connectivity index (χ3v) is 1.74. The molecule has 1 amide bonds. The molecule has 78 valence electrons. The van der Waals surface area contributed by atoms with Crippen LogP contribution in [0.15, 0.2) is 18.2 Å². The Morgan fingerprint density at radius 1 is 1.47 bits per heavy atom. The molecule has 0 atom stereocenters. The molecule has 0 radical (unpaired) electrons. The quantitative estimate of drug-likeness (QED) is 0.627. The van der Waals surface area contributed by atoms with Gasteiger partial charge in [-0.15, -0.1) is 5.92 Å². The average molecular weight is 205 g/mol. The minimum Gasteiger partial charge on any atom is -0.508 e. The number of aromatic hydroxyl groups is 2. The number of carbonyl (C=O) groups excluding carboxylic acids is 1. The van der Waals surface area contributed by atoms with E-state index >= 15 is 0 Å². The molecule has 0 aliphatic rings. The molecule has 0 saturated heterocycles. The largest absolute Gasteiger partial charge is 0.508 e. The number of rotatable bonds is 2. The SMILES string of the molecule is CC#CCNC(=O)c1ccc(O)cc1O. The van der Waals surface area contributed by atoms with Gasteiger partial charge >= 0.3 is 0 Å². The Kier molecular flexibility index (Phi) is 3.58. The number of hydrogen-bond acceptors (Lipinski definition) is 3. The molecule has 4 heteroatoms. The van der Waals surface area contributed by atoms with Gasteiger partial charge < -0.3 is 15.5 Å². The summed E-state index contributed by atoms with van der Waals surface area (Å²) < 4.78 is 0. The molecule has 0 fully saturated rings. The molecule has 0 saturated carbocycles. The third-order valence-electron chi connectivity index (χ3n) is 1.74. The first kappa shape index (κ1) is 10.9. The molecule has 1 aromatic rings. The average Bonchev–Trinajstić information content (AvgIpc) is 2.17. The smallest absolute Gasteiger partial charge is 0.255 e. The van der Waals surface area contributed by atoms with Crippen molar-refractivity contribution in [1.82, 2.24) is 5.32 Å². The van der Waals surface area contributed by atoms with E-state index in [2.05, 4.69) is 17.2 Å². The van der Waals surface area contributed by atoms with E-state index in [-0.39, 0.29) is 23.6 Å². The normalized spacial score (nSPS) is 8.87. The Hall–Kier alpha value is -2.15. The van der Waals surface area contributed by atoms with Crippen molar-refractivity contribution in [1.29, 1.82) is 0 Å². The third kappa shape index (κ3) is 2.92. The highest BCUT2D eigenvalue weighted by molar-refractivity contribution is 5.97. The highest BCUT2D eigenvalue weighted by Crippen LogP contribution is 2.22. The molecule has 15 heavy (non-hydrogen) atoms. The fourth-order valence-electron chi connectivity index (χ4n) is 1.02. The van der Waals surface area contributed by atoms with Crippen LogP contribution in [0.25, 0.3) is 0 Å². The molecule has 0 aliphatic heterocycles. The Morgan fingerprint density at radius 3 is 2.80 bits per heavy atom. The van der Waals surface area contributed by atoms with Gasteiger partial charge in [0.1, 0.15) is 11.5 Å². The van der Waals surface area contributed by atoms with Crippen LogP contribution in [-0.4, -0.2) is 22.7 Å². The first-order chi connectivity index (χ1) is 7.15. The van der Waals surface area contributed by atoms with Gasteiger partial charge in [-0.1, -0.05) is 5.92 Å². The zero-order valence-corrected chi connectivity index (χ0v) is 8.24. The molecule has 1 rings (SSSR count). The summed E-state index contributed by atoms with van der Waals surface area (Å²) in [6.45, 7) is 1.90. The van der Waals surface area contributed by atoms with Gasteiger partial charge in [-0.25, -0.2) is 0 Å². The zero-order valence-electron chi connectivity index (χ0n) is 8.24. The predicted octanol–water partition coefficient (Wildman–Crippen LogP) is 0.851. The van der Waals surface area contributed by atoms with Crippen LogP contribution in [0.4, 0.5) is 0 Å². The van der Waals surface area contributed by atoms with Crippen molar-refractivity contribution in [3.63, 3.8) is 0 Å². The summed E-state index contributed by atoms with van der Waals surface area (Å²) in [4.78, 5) is 11.4. The molecule has 0 aliphatic carbocycles. The number of amides is 1. The number of nitrogens with one attached hydrogen (secondary N) is 1. The van der Waals surface area contributed by atoms with Gasteiger partial charge in [0, 0.05) is 6.07 Å². The van der Waals surface area contributed by atoms with E-state index in [4.69, 9.17) is 5.11 Å². The number of hydrogen-bond donors (Lipinski definition) is 3. The Morgan fingerprint density at radius 2 is 2.20 bits per heavy atom. The van der Waals surface area contributed by atoms with Gasteiger partial charge in [-0.05, 0) is 19.1 Å². The van der Waals surface area contributed by atoms with E-state index in [1.807, 2.05) is 0 Å². The van der Waals surface area contributed by atoms with E-state index < -0.39 is 5.91 Å². The summed E-state index contributed by atoms with van der Waals surface area (Å²) in [6, 6.07) is 3.79. The van der Waals surface area contributed by atoms with E-state index in [0.29, 0.717) is 0 Å². The topological polar surface area (TPSA) is 69.6 Å². The Bertz CT molecular complexity index is 429. The summed E-state index contributed by atoms with van der Waals surface area (Å²) in [5, 5.41) is 20.9. The van der Waals surface area contributed by atoms with E-state index in [1.165, 1.54) is 12.1 Å². The molecule has 1 aromatic carbocycles. The van der Waals surface area contributed by atoms with E-state index in [0.717, 1.165) is 6.07 Å². The van der Waals surface area contributed by atoms with E-state index in [9.17, 15) is 9.90 Å². The van der Waals surface area contributed by atoms with E-state index in [1.54, 1.807) is 6.92 Å². The molecular formula is C11H11NO3. The van der Waals surface area contributed by atoms with Gasteiger partial charge in [0.15, 0.2) is 0 Å². The Balaban J connectivity index is 2.76. The lowest BCUT2D eigenvalue weighted by molar-refractivity contribution is 0.0956. The second-order valence-electron chi connectivity index (χ2n) is 2.81. The van der Waals surface area contributed by atoms with Crippen LogP contribution >= 0.6 is 0 Å². The monoisotopic (exact) mass is 205 g/mol. The standard InChI is InChI=1S/C11H11NO3/c1-2-3-6-12-11(15)9-5-4-8(13)7-10(9)14/h4-5,7,13-14H,6H2,1H3,(H,12,15). The molecular weight excluding hydrogens is 194 g/mol. The first-order valence-electron chi connectivity index (χ1n) is 4.35. The Labute approximate surface area is 87.6 Å². The summed E-state index contributed by atoms with van der Waals surface area (Å²) in [7, 11) is 0. The van der Waals surface area contributed by atoms with Crippen LogP contribution in [0.5, 0.6) is 11.5 Å². The predicted molar refractivity (Wildman–Crippen MR) is 55.6 cm³/mol. The number of benzene rings is 1. The van der Waals surface area contributed by atoms with Crippen molar-refractivity contribution in [3.05, 3.63) is 23.8 Å². The number of carbonyl (C=O) groups is 1. The summed E-state index contributed by atoms with van der Waals surface area (Å²) in [5.74, 6) is 4.54. The van der Waals surface area contributed by atoms with Gasteiger partial charge in [0.25, 0.3) is 5.91 Å². The van der Waals surface area contributed by atoms with Gasteiger partial charge in [-0.3, -0.25) is 4.79 Å². The van der Waals surface area contributed by atoms with Gasteiger partial charge in [-0.2, -0.15) is 0 Å². The first-order valence-corrected chi connectivity index (χ1v) is 4.35. The van der Waals surface area contributed by atoms with Gasteiger partial charge in [0.2, 0.25) is 0 Å². The minimum absolute atomic E-state index is 0.0857. The second-order valence-corrected chi connectivity index (χ2v) is 2.81. The van der Waals surface area contributed by atoms with Crippen molar-refractivity contribution in [2.45, 2.75) is 6.92 Å². The van der Waals surface area contributed by atoms with Crippen LogP contribution in [0.3, 0.4) is 0 Å². The van der Waals surface area contributed by atoms with Crippen molar-refractivity contribution < 1.29 is 15.0 Å². The van der Waals surface area contributed by atoms with Crippen LogP contribution in [0.2, 0.25) is 0 Å². The molecule has 4 nitrogen and oxygen atoms in total. The number of phenolic OH excluding ortho intramolecular Hbond substituents is 2. The molecule has 0 bridgehead atoms. The van der Waals surface area contributed by atoms with Crippen LogP contribution in [-0.2, 0) is 0 Å². The maximum absolute atomic E-state index is 11.4. The van der Waals surface area contributed by atoms with Crippen LogP contribution < -0.4 is 5.32 Å². The highest BCUT2D eigenvalue weighted by Gasteiger charge is 2.10. The molecule has 0 spiro atoms. The van der Waals surface area contributed by atoms with Gasteiger partial charge in [0.05, 0.1) is 12.1 Å². The van der Waals surface area contributed by atoms with Crippen molar-refractivity contribution in [2.24, 2.45) is 0 Å². The fourth-order valence-corrected chi connectivity index (χ4v) is 1.02. The number of phenols is 2. The molecule has 3 N–H and O–H groups in total. The summed E-state index contributed by atoms with van der Waals surface area (Å²) in [5.41, 5.74) is 0.116. The van der Waals surface area contributed by atoms with Crippen LogP contribution in [0, 0.1) is 11.8 Å². The lowest BCUT2D eigenvalue weighted by Gasteiger charge is -2.04.